The van der Waals surface area contributed by atoms with Crippen molar-refractivity contribution in [2.75, 3.05) is 16.0 Å². The zero-order chi connectivity index (χ0) is 23.4. The zero-order valence-electron chi connectivity index (χ0n) is 17.3. The van der Waals surface area contributed by atoms with Gasteiger partial charge >= 0.3 is 0 Å². The van der Waals surface area contributed by atoms with E-state index in [0.717, 1.165) is 6.07 Å². The Morgan fingerprint density at radius 3 is 2.24 bits per heavy atom. The van der Waals surface area contributed by atoms with E-state index >= 15 is 0 Å². The molecule has 4 rings (SSSR count). The van der Waals surface area contributed by atoms with Gasteiger partial charge in [0, 0.05) is 16.9 Å². The molecule has 0 aliphatic carbocycles. The molecule has 0 spiro atoms. The van der Waals surface area contributed by atoms with E-state index < -0.39 is 17.6 Å². The van der Waals surface area contributed by atoms with E-state index in [9.17, 15) is 18.8 Å². The highest BCUT2D eigenvalue weighted by molar-refractivity contribution is 7.12. The molecule has 0 unspecified atom stereocenters. The molecule has 4 aromatic rings. The molecule has 0 fully saturated rings. The SMILES string of the molecule is Cc1occc1C(=O)Nc1cc(NC(=O)c2ccc(NC(=O)c3cccs3)cc2)ccc1F. The van der Waals surface area contributed by atoms with E-state index in [4.69, 9.17) is 4.42 Å². The Balaban J connectivity index is 1.42. The fourth-order valence-electron chi connectivity index (χ4n) is 3.02. The molecule has 9 heteroatoms. The summed E-state index contributed by atoms with van der Waals surface area (Å²) in [5.41, 5.74) is 1.40. The molecule has 0 bridgehead atoms. The lowest BCUT2D eigenvalue weighted by Crippen LogP contribution is -2.15. The molecule has 7 nitrogen and oxygen atoms in total. The van der Waals surface area contributed by atoms with E-state index in [1.807, 2.05) is 5.38 Å². The Labute approximate surface area is 192 Å². The van der Waals surface area contributed by atoms with Crippen molar-refractivity contribution >= 4 is 46.1 Å². The first-order valence-corrected chi connectivity index (χ1v) is 10.7. The molecule has 3 amide bonds. The number of hydrogen-bond donors (Lipinski definition) is 3. The lowest BCUT2D eigenvalue weighted by Gasteiger charge is -2.10. The van der Waals surface area contributed by atoms with Crippen LogP contribution >= 0.6 is 11.3 Å². The second kappa shape index (κ2) is 9.49. The van der Waals surface area contributed by atoms with Gasteiger partial charge in [-0.3, -0.25) is 14.4 Å². The Morgan fingerprint density at radius 2 is 1.58 bits per heavy atom. The van der Waals surface area contributed by atoms with Crippen molar-refractivity contribution in [3.05, 3.63) is 99.9 Å². The molecular weight excluding hydrogens is 445 g/mol. The normalized spacial score (nSPS) is 10.5. The van der Waals surface area contributed by atoms with Crippen molar-refractivity contribution in [3.8, 4) is 0 Å². The van der Waals surface area contributed by atoms with Gasteiger partial charge in [0.25, 0.3) is 17.7 Å². The highest BCUT2D eigenvalue weighted by atomic mass is 32.1. The minimum absolute atomic E-state index is 0.0787. The number of nitrogens with one attached hydrogen (secondary N) is 3. The van der Waals surface area contributed by atoms with Crippen molar-refractivity contribution in [2.24, 2.45) is 0 Å². The smallest absolute Gasteiger partial charge is 0.265 e. The second-order valence-electron chi connectivity index (χ2n) is 7.00. The van der Waals surface area contributed by atoms with E-state index in [1.54, 1.807) is 43.3 Å². The molecule has 166 valence electrons. The minimum Gasteiger partial charge on any atom is -0.469 e. The van der Waals surface area contributed by atoms with Gasteiger partial charge in [0.05, 0.1) is 22.4 Å². The fraction of sp³-hybridized carbons (Fsp3) is 0.0417. The molecule has 33 heavy (non-hydrogen) atoms. The van der Waals surface area contributed by atoms with Gasteiger partial charge in [0.15, 0.2) is 0 Å². The summed E-state index contributed by atoms with van der Waals surface area (Å²) in [4.78, 5) is 37.6. The molecule has 2 aromatic heterocycles. The summed E-state index contributed by atoms with van der Waals surface area (Å²) < 4.78 is 19.3. The lowest BCUT2D eigenvalue weighted by molar-refractivity contribution is 0.101. The molecule has 0 atom stereocenters. The Hall–Kier alpha value is -4.24. The van der Waals surface area contributed by atoms with Crippen molar-refractivity contribution < 1.29 is 23.2 Å². The van der Waals surface area contributed by atoms with Crippen molar-refractivity contribution in [1.29, 1.82) is 0 Å². The second-order valence-corrected chi connectivity index (χ2v) is 7.95. The van der Waals surface area contributed by atoms with Crippen LogP contribution in [0.5, 0.6) is 0 Å². The quantitative estimate of drug-likeness (QED) is 0.349. The maximum Gasteiger partial charge on any atom is 0.265 e. The molecular formula is C24H18FN3O4S. The average molecular weight is 463 g/mol. The van der Waals surface area contributed by atoms with Gasteiger partial charge in [-0.1, -0.05) is 6.07 Å². The number of amides is 3. The third-order valence-corrected chi connectivity index (χ3v) is 5.59. The minimum atomic E-state index is -0.645. The molecule has 0 aliphatic heterocycles. The number of furan rings is 1. The van der Waals surface area contributed by atoms with Crippen LogP contribution in [0.15, 0.2) is 76.7 Å². The van der Waals surface area contributed by atoms with E-state index in [2.05, 4.69) is 16.0 Å². The zero-order valence-corrected chi connectivity index (χ0v) is 18.2. The molecule has 3 N–H and O–H groups in total. The largest absolute Gasteiger partial charge is 0.469 e. The van der Waals surface area contributed by atoms with E-state index in [0.29, 0.717) is 27.6 Å². The van der Waals surface area contributed by atoms with Gasteiger partial charge in [-0.05, 0) is 66.9 Å². The lowest BCUT2D eigenvalue weighted by atomic mass is 10.1. The average Bonchev–Trinajstić information content (AvgIpc) is 3.48. The number of halogens is 1. The molecule has 2 heterocycles. The van der Waals surface area contributed by atoms with Crippen LogP contribution < -0.4 is 16.0 Å². The van der Waals surface area contributed by atoms with E-state index in [1.165, 1.54) is 35.8 Å². The van der Waals surface area contributed by atoms with Crippen LogP contribution in [0.2, 0.25) is 0 Å². The van der Waals surface area contributed by atoms with Gasteiger partial charge in [0.2, 0.25) is 0 Å². The molecule has 0 saturated carbocycles. The van der Waals surface area contributed by atoms with Crippen LogP contribution in [-0.2, 0) is 0 Å². The molecule has 0 aliphatic rings. The third-order valence-electron chi connectivity index (χ3n) is 4.73. The van der Waals surface area contributed by atoms with Gasteiger partial charge in [0.1, 0.15) is 11.6 Å². The predicted molar refractivity (Wildman–Crippen MR) is 124 cm³/mol. The van der Waals surface area contributed by atoms with Crippen LogP contribution in [0.25, 0.3) is 0 Å². The Bertz CT molecular complexity index is 1310. The van der Waals surface area contributed by atoms with Crippen molar-refractivity contribution in [2.45, 2.75) is 6.92 Å². The maximum absolute atomic E-state index is 14.2. The van der Waals surface area contributed by atoms with Gasteiger partial charge in [-0.15, -0.1) is 11.3 Å². The van der Waals surface area contributed by atoms with Crippen LogP contribution in [0.3, 0.4) is 0 Å². The summed E-state index contributed by atoms with van der Waals surface area (Å²) in [6.45, 7) is 1.63. The first-order valence-electron chi connectivity index (χ1n) is 9.82. The highest BCUT2D eigenvalue weighted by Crippen LogP contribution is 2.22. The first kappa shape index (κ1) is 22.0. The third kappa shape index (κ3) is 5.16. The highest BCUT2D eigenvalue weighted by Gasteiger charge is 2.15. The number of thiophene rings is 1. The molecule has 0 saturated heterocycles. The first-order chi connectivity index (χ1) is 15.9. The van der Waals surface area contributed by atoms with Crippen molar-refractivity contribution in [3.63, 3.8) is 0 Å². The van der Waals surface area contributed by atoms with Gasteiger partial charge in [-0.2, -0.15) is 0 Å². The van der Waals surface area contributed by atoms with Crippen LogP contribution in [0.4, 0.5) is 21.5 Å². The number of anilines is 3. The topological polar surface area (TPSA) is 100 Å². The number of carbonyl (C=O) groups is 3. The summed E-state index contributed by atoms with van der Waals surface area (Å²) in [6, 6.07) is 15.2. The number of rotatable bonds is 6. The molecule has 2 aromatic carbocycles. The van der Waals surface area contributed by atoms with Crippen molar-refractivity contribution in [1.82, 2.24) is 0 Å². The summed E-state index contributed by atoms with van der Waals surface area (Å²) in [7, 11) is 0. The number of benzene rings is 2. The van der Waals surface area contributed by atoms with Crippen LogP contribution in [0, 0.1) is 12.7 Å². The number of carbonyl (C=O) groups excluding carboxylic acids is 3. The van der Waals surface area contributed by atoms with E-state index in [-0.39, 0.29) is 17.2 Å². The summed E-state index contributed by atoms with van der Waals surface area (Å²) in [6.07, 6.45) is 1.37. The fourth-order valence-corrected chi connectivity index (χ4v) is 3.64. The monoisotopic (exact) mass is 463 g/mol. The van der Waals surface area contributed by atoms with Gasteiger partial charge < -0.3 is 20.4 Å². The Morgan fingerprint density at radius 1 is 0.848 bits per heavy atom. The summed E-state index contributed by atoms with van der Waals surface area (Å²) in [5, 5.41) is 9.72. The van der Waals surface area contributed by atoms with Gasteiger partial charge in [-0.25, -0.2) is 4.39 Å². The predicted octanol–water partition coefficient (Wildman–Crippen LogP) is 5.55. The summed E-state index contributed by atoms with van der Waals surface area (Å²) in [5.74, 6) is -1.42. The number of hydrogen-bond acceptors (Lipinski definition) is 5. The summed E-state index contributed by atoms with van der Waals surface area (Å²) >= 11 is 1.33. The van der Waals surface area contributed by atoms with Crippen LogP contribution in [-0.4, -0.2) is 17.7 Å². The maximum atomic E-state index is 14.2. The van der Waals surface area contributed by atoms with Crippen LogP contribution in [0.1, 0.15) is 36.1 Å². The standard InChI is InChI=1S/C24H18FN3O4S/c1-14-18(10-11-32-14)23(30)28-20-13-17(8-9-19(20)25)27-22(29)15-4-6-16(7-5-15)26-24(31)21-3-2-12-33-21/h2-13H,1H3,(H,26,31)(H,27,29)(H,28,30). The Kier molecular flexibility index (Phi) is 6.32. The number of aryl methyl sites for hydroxylation is 1. The molecule has 0 radical (unpaired) electrons.